The Kier molecular flexibility index (Phi) is 4.76. The number of amides is 1. The van der Waals surface area contributed by atoms with Crippen molar-refractivity contribution in [2.24, 2.45) is 0 Å². The van der Waals surface area contributed by atoms with Crippen molar-refractivity contribution < 1.29 is 19.4 Å². The van der Waals surface area contributed by atoms with Gasteiger partial charge in [0.15, 0.2) is 0 Å². The van der Waals surface area contributed by atoms with Crippen LogP contribution in [0.25, 0.3) is 0 Å². The van der Waals surface area contributed by atoms with Gasteiger partial charge in [-0.2, -0.15) is 0 Å². The van der Waals surface area contributed by atoms with Crippen molar-refractivity contribution in [3.63, 3.8) is 0 Å². The molecule has 0 fully saturated rings. The van der Waals surface area contributed by atoms with Gasteiger partial charge < -0.3 is 14.7 Å². The summed E-state index contributed by atoms with van der Waals surface area (Å²) in [5.41, 5.74) is 0.765. The maximum atomic E-state index is 12.5. The monoisotopic (exact) mass is 279 g/mol. The van der Waals surface area contributed by atoms with Gasteiger partial charge in [-0.3, -0.25) is 9.59 Å². The van der Waals surface area contributed by atoms with E-state index in [0.717, 1.165) is 5.56 Å². The number of nitrogens with zero attached hydrogens (tertiary/aromatic N) is 1. The third kappa shape index (κ3) is 3.73. The zero-order valence-electron chi connectivity index (χ0n) is 12.6. The molecule has 0 saturated heterocycles. The molecule has 1 aromatic carbocycles. The van der Waals surface area contributed by atoms with E-state index in [1.165, 1.54) is 12.0 Å². The van der Waals surface area contributed by atoms with Crippen LogP contribution in [0.15, 0.2) is 18.2 Å². The van der Waals surface area contributed by atoms with Crippen molar-refractivity contribution >= 4 is 11.9 Å². The first-order chi connectivity index (χ1) is 9.16. The maximum absolute atomic E-state index is 12.5. The molecule has 1 rings (SSSR count). The average Bonchev–Trinajstić information content (AvgIpc) is 2.34. The number of aryl methyl sites for hydroxylation is 1. The Morgan fingerprint density at radius 2 is 1.90 bits per heavy atom. The zero-order valence-corrected chi connectivity index (χ0v) is 12.6. The first-order valence-electron chi connectivity index (χ1n) is 6.35. The molecule has 0 heterocycles. The largest absolute Gasteiger partial charge is 0.496 e. The molecule has 0 atom stereocenters. The average molecular weight is 279 g/mol. The lowest BCUT2D eigenvalue weighted by Crippen LogP contribution is -2.48. The Balaban J connectivity index is 3.15. The maximum Gasteiger partial charge on any atom is 0.323 e. The third-order valence-electron chi connectivity index (χ3n) is 3.00. The summed E-state index contributed by atoms with van der Waals surface area (Å²) in [5.74, 6) is -0.745. The number of carbonyl (C=O) groups is 2. The normalized spacial score (nSPS) is 11.1. The van der Waals surface area contributed by atoms with Crippen molar-refractivity contribution in [1.29, 1.82) is 0 Å². The first-order valence-corrected chi connectivity index (χ1v) is 6.35. The van der Waals surface area contributed by atoms with Gasteiger partial charge in [-0.15, -0.1) is 0 Å². The predicted octanol–water partition coefficient (Wildman–Crippen LogP) is 2.33. The summed E-state index contributed by atoms with van der Waals surface area (Å²) in [4.78, 5) is 24.8. The van der Waals surface area contributed by atoms with Gasteiger partial charge in [-0.05, 0) is 45.4 Å². The lowest BCUT2D eigenvalue weighted by Gasteiger charge is -2.34. The number of aliphatic carboxylic acids is 1. The van der Waals surface area contributed by atoms with Gasteiger partial charge in [0.2, 0.25) is 0 Å². The lowest BCUT2D eigenvalue weighted by molar-refractivity contribution is -0.138. The van der Waals surface area contributed by atoms with Gasteiger partial charge in [0.25, 0.3) is 5.91 Å². The number of rotatable bonds is 4. The van der Waals surface area contributed by atoms with Crippen LogP contribution >= 0.6 is 0 Å². The molecule has 0 aliphatic carbocycles. The smallest absolute Gasteiger partial charge is 0.323 e. The molecule has 1 aromatic rings. The van der Waals surface area contributed by atoms with E-state index in [4.69, 9.17) is 9.84 Å². The summed E-state index contributed by atoms with van der Waals surface area (Å²) in [6.07, 6.45) is 0. The van der Waals surface area contributed by atoms with Crippen molar-refractivity contribution in [2.75, 3.05) is 13.7 Å². The minimum atomic E-state index is -1.03. The molecule has 5 nitrogen and oxygen atoms in total. The van der Waals surface area contributed by atoms with Crippen LogP contribution in [0.1, 0.15) is 36.7 Å². The number of ether oxygens (including phenoxy) is 1. The number of benzene rings is 1. The van der Waals surface area contributed by atoms with E-state index in [2.05, 4.69) is 0 Å². The van der Waals surface area contributed by atoms with Gasteiger partial charge in [0.05, 0.1) is 7.11 Å². The standard InChI is InChI=1S/C15H21NO4/c1-10-6-7-11(8-12(10)20-5)14(19)16(9-13(17)18)15(2,3)4/h6-8H,9H2,1-5H3,(H,17,18). The number of carboxylic acid groups (broad SMARTS) is 1. The SMILES string of the molecule is COc1cc(C(=O)N(CC(=O)O)C(C)(C)C)ccc1C. The molecule has 0 aliphatic rings. The second-order valence-corrected chi connectivity index (χ2v) is 5.64. The van der Waals surface area contributed by atoms with Gasteiger partial charge in [-0.25, -0.2) is 0 Å². The van der Waals surface area contributed by atoms with E-state index >= 15 is 0 Å². The fourth-order valence-electron chi connectivity index (χ4n) is 1.86. The number of hydrogen-bond acceptors (Lipinski definition) is 3. The third-order valence-corrected chi connectivity index (χ3v) is 3.00. The van der Waals surface area contributed by atoms with Gasteiger partial charge in [-0.1, -0.05) is 6.07 Å². The van der Waals surface area contributed by atoms with Crippen LogP contribution in [0.4, 0.5) is 0 Å². The van der Waals surface area contributed by atoms with E-state index in [9.17, 15) is 9.59 Å². The van der Waals surface area contributed by atoms with Gasteiger partial charge in [0, 0.05) is 11.1 Å². The van der Waals surface area contributed by atoms with Crippen LogP contribution in [0.5, 0.6) is 5.75 Å². The van der Waals surface area contributed by atoms with Crippen LogP contribution in [0, 0.1) is 6.92 Å². The van der Waals surface area contributed by atoms with E-state index in [0.29, 0.717) is 11.3 Å². The van der Waals surface area contributed by atoms with Crippen LogP contribution in [-0.2, 0) is 4.79 Å². The Labute approximate surface area is 119 Å². The molecule has 110 valence electrons. The van der Waals surface area contributed by atoms with Crippen LogP contribution in [0.3, 0.4) is 0 Å². The molecule has 1 amide bonds. The summed E-state index contributed by atoms with van der Waals surface area (Å²) in [5, 5.41) is 8.97. The molecular formula is C15H21NO4. The fraction of sp³-hybridized carbons (Fsp3) is 0.467. The molecule has 0 aliphatic heterocycles. The first kappa shape index (κ1) is 16.0. The second kappa shape index (κ2) is 5.94. The highest BCUT2D eigenvalue weighted by Crippen LogP contribution is 2.22. The molecule has 20 heavy (non-hydrogen) atoms. The zero-order chi connectivity index (χ0) is 15.5. The fourth-order valence-corrected chi connectivity index (χ4v) is 1.86. The molecule has 0 spiro atoms. The number of hydrogen-bond donors (Lipinski definition) is 1. The number of methoxy groups -OCH3 is 1. The van der Waals surface area contributed by atoms with Crippen molar-refractivity contribution in [2.45, 2.75) is 33.2 Å². The minimum absolute atomic E-state index is 0.321. The predicted molar refractivity (Wildman–Crippen MR) is 76.2 cm³/mol. The summed E-state index contributed by atoms with van der Waals surface area (Å²) in [6, 6.07) is 5.10. The van der Waals surface area contributed by atoms with Crippen molar-refractivity contribution in [3.05, 3.63) is 29.3 Å². The van der Waals surface area contributed by atoms with Crippen molar-refractivity contribution in [3.8, 4) is 5.75 Å². The Morgan fingerprint density at radius 3 is 2.35 bits per heavy atom. The van der Waals surface area contributed by atoms with E-state index in [-0.39, 0.29) is 12.5 Å². The molecule has 0 bridgehead atoms. The lowest BCUT2D eigenvalue weighted by atomic mass is 10.0. The molecule has 0 radical (unpaired) electrons. The summed E-state index contributed by atoms with van der Waals surface area (Å²) in [7, 11) is 1.54. The van der Waals surface area contributed by atoms with Crippen LogP contribution < -0.4 is 4.74 Å². The van der Waals surface area contributed by atoms with E-state index < -0.39 is 11.5 Å². The highest BCUT2D eigenvalue weighted by atomic mass is 16.5. The highest BCUT2D eigenvalue weighted by molar-refractivity contribution is 5.96. The minimum Gasteiger partial charge on any atom is -0.496 e. The van der Waals surface area contributed by atoms with Crippen LogP contribution in [0.2, 0.25) is 0 Å². The molecule has 0 aromatic heterocycles. The van der Waals surface area contributed by atoms with Gasteiger partial charge >= 0.3 is 5.97 Å². The summed E-state index contributed by atoms with van der Waals surface area (Å²) >= 11 is 0. The highest BCUT2D eigenvalue weighted by Gasteiger charge is 2.29. The van der Waals surface area contributed by atoms with Gasteiger partial charge in [0.1, 0.15) is 12.3 Å². The molecular weight excluding hydrogens is 258 g/mol. The summed E-state index contributed by atoms with van der Waals surface area (Å²) in [6.45, 7) is 6.96. The van der Waals surface area contributed by atoms with E-state index in [1.54, 1.807) is 39.0 Å². The molecule has 1 N–H and O–H groups in total. The molecule has 0 saturated carbocycles. The number of carboxylic acids is 1. The quantitative estimate of drug-likeness (QED) is 0.918. The molecule has 5 heteroatoms. The van der Waals surface area contributed by atoms with E-state index in [1.807, 2.05) is 6.92 Å². The Hall–Kier alpha value is -2.04. The van der Waals surface area contributed by atoms with Crippen LogP contribution in [-0.4, -0.2) is 41.1 Å². The topological polar surface area (TPSA) is 66.8 Å². The summed E-state index contributed by atoms with van der Waals surface area (Å²) < 4.78 is 5.20. The molecule has 0 unspecified atom stereocenters. The number of carbonyl (C=O) groups excluding carboxylic acids is 1. The Morgan fingerprint density at radius 1 is 1.30 bits per heavy atom. The van der Waals surface area contributed by atoms with Crippen molar-refractivity contribution in [1.82, 2.24) is 4.90 Å². The second-order valence-electron chi connectivity index (χ2n) is 5.64. The Bertz CT molecular complexity index is 517.